The minimum absolute atomic E-state index is 0. The van der Waals surface area contributed by atoms with Gasteiger partial charge in [-0.15, -0.1) is 0 Å². The Balaban J connectivity index is 0.00000576. The molecule has 0 amide bonds. The smallest absolute Gasteiger partial charge is 0.0786 e. The Morgan fingerprint density at radius 1 is 0.480 bits per heavy atom. The molecular weight excluding hydrogens is 370 g/mol. The van der Waals surface area contributed by atoms with Crippen molar-refractivity contribution < 1.29 is 21.5 Å². The van der Waals surface area contributed by atoms with Crippen LogP contribution in [0.4, 0.5) is 0 Å². The predicted molar refractivity (Wildman–Crippen MR) is 110 cm³/mol. The van der Waals surface area contributed by atoms with E-state index < -0.39 is 0 Å². The number of quaternary nitrogens is 1. The second kappa shape index (κ2) is 17.8. The molecular formula is C23H48BrN. The molecule has 0 aromatic heterocycles. The summed E-state index contributed by atoms with van der Waals surface area (Å²) >= 11 is 0. The molecule has 0 unspecified atom stereocenters. The molecule has 1 rings (SSSR count). The van der Waals surface area contributed by atoms with Gasteiger partial charge in [0.2, 0.25) is 0 Å². The molecule has 0 aromatic carbocycles. The number of hydrogen-bond acceptors (Lipinski definition) is 0. The summed E-state index contributed by atoms with van der Waals surface area (Å²) in [6, 6.07) is 0. The number of halogens is 1. The quantitative estimate of drug-likeness (QED) is 0.256. The van der Waals surface area contributed by atoms with Gasteiger partial charge in [-0.25, -0.2) is 0 Å². The lowest BCUT2D eigenvalue weighted by molar-refractivity contribution is -0.932. The molecule has 0 bridgehead atoms. The van der Waals surface area contributed by atoms with Gasteiger partial charge >= 0.3 is 0 Å². The maximum absolute atomic E-state index is 2.33. The highest BCUT2D eigenvalue weighted by molar-refractivity contribution is 4.56. The third kappa shape index (κ3) is 13.3. The summed E-state index contributed by atoms with van der Waals surface area (Å²) in [6.07, 6.45) is 24.9. The van der Waals surface area contributed by atoms with E-state index in [9.17, 15) is 0 Å². The molecule has 0 radical (unpaired) electrons. The zero-order valence-electron chi connectivity index (χ0n) is 17.7. The Bertz CT molecular complexity index is 261. The molecule has 1 nitrogen and oxygen atoms in total. The van der Waals surface area contributed by atoms with Crippen LogP contribution in [0.5, 0.6) is 0 Å². The van der Waals surface area contributed by atoms with Gasteiger partial charge in [0.15, 0.2) is 0 Å². The normalized spacial score (nSPS) is 16.6. The van der Waals surface area contributed by atoms with Crippen LogP contribution in [0.3, 0.4) is 0 Å². The van der Waals surface area contributed by atoms with Crippen molar-refractivity contribution in [3.05, 3.63) is 0 Å². The Hall–Kier alpha value is 0.440. The topological polar surface area (TPSA) is 0 Å². The summed E-state index contributed by atoms with van der Waals surface area (Å²) in [7, 11) is 0. The summed E-state index contributed by atoms with van der Waals surface area (Å²) in [5, 5.41) is 0. The number of rotatable bonds is 16. The second-order valence-corrected chi connectivity index (χ2v) is 8.54. The lowest BCUT2D eigenvalue weighted by Crippen LogP contribution is -3.00. The van der Waals surface area contributed by atoms with Crippen LogP contribution in [0.25, 0.3) is 0 Å². The van der Waals surface area contributed by atoms with Crippen LogP contribution in [0.15, 0.2) is 0 Å². The zero-order valence-corrected chi connectivity index (χ0v) is 19.3. The standard InChI is InChI=1S/C23H48N.BrH/c1-3-5-7-9-10-11-12-13-14-17-21-24(20-16-8-6-4-2)22-18-15-19-23-24;/h3-23H2,1-2H3;1H/q+1;/p-1. The van der Waals surface area contributed by atoms with Gasteiger partial charge in [0, 0.05) is 0 Å². The Kier molecular flexibility index (Phi) is 18.1. The van der Waals surface area contributed by atoms with E-state index in [0.717, 1.165) is 0 Å². The first-order chi connectivity index (χ1) is 11.8. The molecule has 2 heteroatoms. The van der Waals surface area contributed by atoms with Crippen LogP contribution >= 0.6 is 0 Å². The Morgan fingerprint density at radius 3 is 1.28 bits per heavy atom. The van der Waals surface area contributed by atoms with Crippen molar-refractivity contribution in [1.82, 2.24) is 0 Å². The first kappa shape index (κ1) is 25.4. The highest BCUT2D eigenvalue weighted by atomic mass is 79.9. The molecule has 25 heavy (non-hydrogen) atoms. The van der Waals surface area contributed by atoms with Crippen molar-refractivity contribution in [3.8, 4) is 0 Å². The van der Waals surface area contributed by atoms with E-state index in [1.165, 1.54) is 140 Å². The lowest BCUT2D eigenvalue weighted by atomic mass is 10.0. The summed E-state index contributed by atoms with van der Waals surface area (Å²) < 4.78 is 1.49. The molecule has 0 N–H and O–H groups in total. The summed E-state index contributed by atoms with van der Waals surface area (Å²) in [6.45, 7) is 10.6. The summed E-state index contributed by atoms with van der Waals surface area (Å²) in [4.78, 5) is 0. The van der Waals surface area contributed by atoms with Crippen LogP contribution in [0.2, 0.25) is 0 Å². The molecule has 0 aliphatic carbocycles. The third-order valence-corrected chi connectivity index (χ3v) is 6.24. The molecule has 1 aliphatic heterocycles. The van der Waals surface area contributed by atoms with Crippen molar-refractivity contribution >= 4 is 0 Å². The van der Waals surface area contributed by atoms with E-state index in [-0.39, 0.29) is 17.0 Å². The Labute approximate surface area is 170 Å². The van der Waals surface area contributed by atoms with Crippen LogP contribution < -0.4 is 17.0 Å². The molecule has 0 aromatic rings. The van der Waals surface area contributed by atoms with E-state index in [1.54, 1.807) is 0 Å². The van der Waals surface area contributed by atoms with Gasteiger partial charge in [0.05, 0.1) is 26.2 Å². The average Bonchev–Trinajstić information content (AvgIpc) is 2.61. The van der Waals surface area contributed by atoms with Gasteiger partial charge in [-0.2, -0.15) is 0 Å². The van der Waals surface area contributed by atoms with Crippen molar-refractivity contribution in [2.24, 2.45) is 0 Å². The lowest BCUT2D eigenvalue weighted by Gasteiger charge is -2.42. The minimum Gasteiger partial charge on any atom is -1.00 e. The van der Waals surface area contributed by atoms with Gasteiger partial charge in [-0.05, 0) is 44.9 Å². The highest BCUT2D eigenvalue weighted by Gasteiger charge is 2.28. The van der Waals surface area contributed by atoms with Crippen LogP contribution in [-0.4, -0.2) is 30.7 Å². The second-order valence-electron chi connectivity index (χ2n) is 8.54. The average molecular weight is 419 g/mol. The fraction of sp³-hybridized carbons (Fsp3) is 1.00. The number of nitrogens with zero attached hydrogens (tertiary/aromatic N) is 1. The molecule has 1 saturated heterocycles. The number of unbranched alkanes of at least 4 members (excludes halogenated alkanes) is 12. The van der Waals surface area contributed by atoms with Crippen LogP contribution in [0.1, 0.15) is 123 Å². The maximum atomic E-state index is 2.33. The monoisotopic (exact) mass is 417 g/mol. The van der Waals surface area contributed by atoms with Crippen molar-refractivity contribution in [3.63, 3.8) is 0 Å². The van der Waals surface area contributed by atoms with Gasteiger partial charge in [0.1, 0.15) is 0 Å². The first-order valence-corrected chi connectivity index (χ1v) is 11.7. The van der Waals surface area contributed by atoms with E-state index >= 15 is 0 Å². The van der Waals surface area contributed by atoms with Gasteiger partial charge < -0.3 is 21.5 Å². The molecule has 0 saturated carbocycles. The molecule has 1 fully saturated rings. The molecule has 152 valence electrons. The van der Waals surface area contributed by atoms with E-state index in [4.69, 9.17) is 0 Å². The fourth-order valence-electron chi connectivity index (χ4n) is 4.55. The molecule has 0 atom stereocenters. The SMILES string of the molecule is CCCCCCCCCCCC[N+]1(CCCCCC)CCCCC1.[Br-]. The highest BCUT2D eigenvalue weighted by Crippen LogP contribution is 2.22. The molecule has 1 aliphatic rings. The van der Waals surface area contributed by atoms with E-state index in [2.05, 4.69) is 13.8 Å². The van der Waals surface area contributed by atoms with E-state index in [1.807, 2.05) is 0 Å². The van der Waals surface area contributed by atoms with Crippen LogP contribution in [0, 0.1) is 0 Å². The van der Waals surface area contributed by atoms with Crippen molar-refractivity contribution in [2.75, 3.05) is 26.2 Å². The molecule has 1 heterocycles. The van der Waals surface area contributed by atoms with Gasteiger partial charge in [0.25, 0.3) is 0 Å². The first-order valence-electron chi connectivity index (χ1n) is 11.7. The van der Waals surface area contributed by atoms with Gasteiger partial charge in [-0.3, -0.25) is 0 Å². The van der Waals surface area contributed by atoms with E-state index in [0.29, 0.717) is 0 Å². The van der Waals surface area contributed by atoms with Crippen LogP contribution in [-0.2, 0) is 0 Å². The fourth-order valence-corrected chi connectivity index (χ4v) is 4.55. The van der Waals surface area contributed by atoms with Gasteiger partial charge in [-0.1, -0.05) is 78.1 Å². The summed E-state index contributed by atoms with van der Waals surface area (Å²) in [5.74, 6) is 0. The molecule has 0 spiro atoms. The predicted octanol–water partition coefficient (Wildman–Crippen LogP) is 4.49. The summed E-state index contributed by atoms with van der Waals surface area (Å²) in [5.41, 5.74) is 0. The number of hydrogen-bond donors (Lipinski definition) is 0. The maximum Gasteiger partial charge on any atom is 0.0786 e. The van der Waals surface area contributed by atoms with Crippen molar-refractivity contribution in [2.45, 2.75) is 123 Å². The third-order valence-electron chi connectivity index (χ3n) is 6.24. The minimum atomic E-state index is 0. The van der Waals surface area contributed by atoms with Crippen molar-refractivity contribution in [1.29, 1.82) is 0 Å². The Morgan fingerprint density at radius 2 is 0.840 bits per heavy atom. The number of likely N-dealkylation sites (tertiary alicyclic amines) is 1. The number of piperidine rings is 1. The zero-order chi connectivity index (χ0) is 17.3. The largest absolute Gasteiger partial charge is 1.00 e.